The van der Waals surface area contributed by atoms with Crippen LogP contribution in [0.2, 0.25) is 0 Å². The second-order valence-electron chi connectivity index (χ2n) is 6.58. The first kappa shape index (κ1) is 14.2. The lowest BCUT2D eigenvalue weighted by atomic mass is 9.65. The molecule has 0 aromatic heterocycles. The smallest absolute Gasteiger partial charge is 0.409 e. The summed E-state index contributed by atoms with van der Waals surface area (Å²) >= 11 is 0. The monoisotopic (exact) mass is 309 g/mol. The fourth-order valence-corrected chi connectivity index (χ4v) is 3.80. The van der Waals surface area contributed by atoms with Crippen molar-refractivity contribution in [2.24, 2.45) is 5.41 Å². The van der Waals surface area contributed by atoms with Gasteiger partial charge in [0.2, 0.25) is 0 Å². The van der Waals surface area contributed by atoms with Gasteiger partial charge in [0.25, 0.3) is 0 Å². The van der Waals surface area contributed by atoms with Crippen molar-refractivity contribution < 1.29 is 14.3 Å². The first-order valence-electron chi connectivity index (χ1n) is 8.07. The molecule has 4 rings (SSSR count). The third-order valence-electron chi connectivity index (χ3n) is 5.05. The maximum absolute atomic E-state index is 12.6. The average Bonchev–Trinajstić information content (AvgIpc) is 2.50. The van der Waals surface area contributed by atoms with Crippen molar-refractivity contribution in [3.8, 4) is 0 Å². The molecule has 0 radical (unpaired) electrons. The van der Waals surface area contributed by atoms with Crippen LogP contribution in [0.15, 0.2) is 36.4 Å². The Balaban J connectivity index is 1.61. The van der Waals surface area contributed by atoms with Crippen LogP contribution in [-0.2, 0) is 22.4 Å². The normalized spacial score (nSPS) is 18.7. The van der Waals surface area contributed by atoms with Crippen LogP contribution in [0.3, 0.4) is 0 Å². The number of carbonyl (C=O) groups excluding carboxylic acids is 2. The molecular formula is C19H19NO3. The predicted molar refractivity (Wildman–Crippen MR) is 87.4 cm³/mol. The van der Waals surface area contributed by atoms with E-state index in [0.29, 0.717) is 26.1 Å². The van der Waals surface area contributed by atoms with E-state index in [4.69, 9.17) is 4.74 Å². The van der Waals surface area contributed by atoms with Gasteiger partial charge in [-0.05, 0) is 35.2 Å². The molecule has 1 aliphatic carbocycles. The van der Waals surface area contributed by atoms with Crippen LogP contribution >= 0.6 is 0 Å². The van der Waals surface area contributed by atoms with E-state index < -0.39 is 5.41 Å². The van der Waals surface area contributed by atoms with Crippen LogP contribution in [0.5, 0.6) is 0 Å². The summed E-state index contributed by atoms with van der Waals surface area (Å²) < 4.78 is 5.02. The van der Waals surface area contributed by atoms with Crippen molar-refractivity contribution in [3.63, 3.8) is 0 Å². The Morgan fingerprint density at radius 3 is 2.48 bits per heavy atom. The lowest BCUT2D eigenvalue weighted by Crippen LogP contribution is -2.64. The third kappa shape index (κ3) is 2.21. The van der Waals surface area contributed by atoms with Crippen LogP contribution < -0.4 is 0 Å². The predicted octanol–water partition coefficient (Wildman–Crippen LogP) is 2.97. The topological polar surface area (TPSA) is 46.6 Å². The fraction of sp³-hybridized carbons (Fsp3) is 0.368. The number of ether oxygens (including phenoxy) is 1. The molecule has 1 heterocycles. The highest BCUT2D eigenvalue weighted by Crippen LogP contribution is 2.41. The lowest BCUT2D eigenvalue weighted by Gasteiger charge is -2.50. The Hall–Kier alpha value is -2.36. The summed E-state index contributed by atoms with van der Waals surface area (Å²) in [4.78, 5) is 26.0. The first-order chi connectivity index (χ1) is 11.1. The molecular weight excluding hydrogens is 290 g/mol. The molecule has 4 heteroatoms. The molecule has 0 bridgehead atoms. The summed E-state index contributed by atoms with van der Waals surface area (Å²) in [7, 11) is 0. The van der Waals surface area contributed by atoms with Gasteiger partial charge in [0.15, 0.2) is 0 Å². The summed E-state index contributed by atoms with van der Waals surface area (Å²) in [6.45, 7) is 3.12. The van der Waals surface area contributed by atoms with E-state index >= 15 is 0 Å². The molecule has 23 heavy (non-hydrogen) atoms. The number of fused-ring (bicyclic) bond motifs is 2. The summed E-state index contributed by atoms with van der Waals surface area (Å²) in [5, 5.41) is 2.38. The van der Waals surface area contributed by atoms with Gasteiger partial charge in [-0.15, -0.1) is 0 Å². The maximum Gasteiger partial charge on any atom is 0.409 e. The number of likely N-dealkylation sites (tertiary alicyclic amines) is 1. The van der Waals surface area contributed by atoms with Gasteiger partial charge in [-0.3, -0.25) is 4.79 Å². The van der Waals surface area contributed by atoms with Crippen molar-refractivity contribution in [2.45, 2.75) is 19.8 Å². The zero-order chi connectivity index (χ0) is 16.0. The first-order valence-corrected chi connectivity index (χ1v) is 8.07. The number of benzene rings is 2. The van der Waals surface area contributed by atoms with E-state index in [9.17, 15) is 9.59 Å². The summed E-state index contributed by atoms with van der Waals surface area (Å²) in [5.41, 5.74) is 1.98. The summed E-state index contributed by atoms with van der Waals surface area (Å²) in [6, 6.07) is 12.6. The van der Waals surface area contributed by atoms with Crippen LogP contribution in [0.25, 0.3) is 10.8 Å². The van der Waals surface area contributed by atoms with Gasteiger partial charge in [-0.2, -0.15) is 0 Å². The van der Waals surface area contributed by atoms with E-state index in [-0.39, 0.29) is 11.9 Å². The molecule has 1 spiro atoms. The minimum absolute atomic E-state index is 0.251. The molecule has 1 fully saturated rings. The summed E-state index contributed by atoms with van der Waals surface area (Å²) in [6.07, 6.45) is 0.883. The quantitative estimate of drug-likeness (QED) is 0.813. The second kappa shape index (κ2) is 5.08. The molecule has 0 saturated carbocycles. The van der Waals surface area contributed by atoms with E-state index in [1.54, 1.807) is 11.8 Å². The molecule has 2 aromatic carbocycles. The number of rotatable bonds is 1. The number of Topliss-reactive ketones (excluding diaryl/α,β-unsaturated/α-hetero) is 1. The van der Waals surface area contributed by atoms with Crippen molar-refractivity contribution in [1.82, 2.24) is 4.90 Å². The second-order valence-corrected chi connectivity index (χ2v) is 6.58. The Morgan fingerprint density at radius 2 is 1.83 bits per heavy atom. The molecule has 118 valence electrons. The zero-order valence-corrected chi connectivity index (χ0v) is 13.2. The van der Waals surface area contributed by atoms with Gasteiger partial charge in [0, 0.05) is 19.5 Å². The van der Waals surface area contributed by atoms with Crippen molar-refractivity contribution in [3.05, 3.63) is 47.5 Å². The molecule has 0 atom stereocenters. The largest absolute Gasteiger partial charge is 0.450 e. The highest BCUT2D eigenvalue weighted by atomic mass is 16.6. The molecule has 2 aliphatic rings. The Morgan fingerprint density at radius 1 is 1.17 bits per heavy atom. The molecule has 0 unspecified atom stereocenters. The number of amides is 1. The standard InChI is InChI=1S/C19H19NO3/c1-2-23-18(22)20-11-19(12-20)10-16-8-14-6-4-3-5-13(14)7-15(16)9-17(19)21/h3-8H,2,9-12H2,1H3. The number of carbonyl (C=O) groups is 2. The fourth-order valence-electron chi connectivity index (χ4n) is 3.80. The lowest BCUT2D eigenvalue weighted by molar-refractivity contribution is -0.137. The van der Waals surface area contributed by atoms with Crippen LogP contribution in [-0.4, -0.2) is 36.5 Å². The van der Waals surface area contributed by atoms with Crippen molar-refractivity contribution >= 4 is 22.6 Å². The Labute approximate surface area is 135 Å². The highest BCUT2D eigenvalue weighted by Gasteiger charge is 2.52. The molecule has 1 amide bonds. The minimum atomic E-state index is -0.401. The van der Waals surface area contributed by atoms with Crippen LogP contribution in [0.1, 0.15) is 18.1 Å². The van der Waals surface area contributed by atoms with Crippen LogP contribution in [0.4, 0.5) is 4.79 Å². The van der Waals surface area contributed by atoms with Gasteiger partial charge in [0.05, 0.1) is 12.0 Å². The highest BCUT2D eigenvalue weighted by molar-refractivity contribution is 5.94. The minimum Gasteiger partial charge on any atom is -0.450 e. The molecule has 2 aromatic rings. The van der Waals surface area contributed by atoms with E-state index in [0.717, 1.165) is 12.0 Å². The van der Waals surface area contributed by atoms with Gasteiger partial charge < -0.3 is 9.64 Å². The number of hydrogen-bond donors (Lipinski definition) is 0. The van der Waals surface area contributed by atoms with Crippen molar-refractivity contribution in [1.29, 1.82) is 0 Å². The summed E-state index contributed by atoms with van der Waals surface area (Å²) in [5.74, 6) is 0.251. The van der Waals surface area contributed by atoms with E-state index in [1.807, 2.05) is 12.1 Å². The Kier molecular flexibility index (Phi) is 3.15. The van der Waals surface area contributed by atoms with Gasteiger partial charge in [-0.25, -0.2) is 4.79 Å². The van der Waals surface area contributed by atoms with E-state index in [1.165, 1.54) is 16.3 Å². The zero-order valence-electron chi connectivity index (χ0n) is 13.2. The SMILES string of the molecule is CCOC(=O)N1CC2(Cc3cc4ccccc4cc3CC2=O)C1. The van der Waals surface area contributed by atoms with Gasteiger partial charge in [-0.1, -0.05) is 36.4 Å². The number of ketones is 1. The maximum atomic E-state index is 12.6. The molecule has 4 nitrogen and oxygen atoms in total. The van der Waals surface area contributed by atoms with Gasteiger partial charge >= 0.3 is 6.09 Å². The molecule has 1 aliphatic heterocycles. The molecule has 1 saturated heterocycles. The van der Waals surface area contributed by atoms with E-state index in [2.05, 4.69) is 24.3 Å². The van der Waals surface area contributed by atoms with Crippen LogP contribution in [0, 0.1) is 5.41 Å². The Bertz CT molecular complexity index is 805. The molecule has 0 N–H and O–H groups in total. The van der Waals surface area contributed by atoms with Gasteiger partial charge in [0.1, 0.15) is 5.78 Å². The number of hydrogen-bond acceptors (Lipinski definition) is 3. The number of nitrogens with zero attached hydrogens (tertiary/aromatic N) is 1. The third-order valence-corrected chi connectivity index (χ3v) is 5.05. The van der Waals surface area contributed by atoms with Crippen molar-refractivity contribution in [2.75, 3.05) is 19.7 Å². The average molecular weight is 309 g/mol.